The Bertz CT molecular complexity index is 336. The van der Waals surface area contributed by atoms with E-state index in [2.05, 4.69) is 0 Å². The first-order valence-corrected chi connectivity index (χ1v) is 5.04. The molecule has 0 aliphatic carbocycles. The number of aryl methyl sites for hydroxylation is 1. The van der Waals surface area contributed by atoms with Crippen LogP contribution in [0.3, 0.4) is 0 Å². The average molecular weight is 215 g/mol. The Morgan fingerprint density at radius 3 is 2.79 bits per heavy atom. The van der Waals surface area contributed by atoms with Gasteiger partial charge in [0.25, 0.3) is 0 Å². The van der Waals surface area contributed by atoms with E-state index in [4.69, 9.17) is 11.6 Å². The Morgan fingerprint density at radius 2 is 2.21 bits per heavy atom. The number of alkyl halides is 1. The molecular formula is C11H12ClFO. The van der Waals surface area contributed by atoms with Crippen LogP contribution in [0.25, 0.3) is 0 Å². The number of benzene rings is 1. The highest BCUT2D eigenvalue weighted by molar-refractivity contribution is 6.18. The van der Waals surface area contributed by atoms with Crippen LogP contribution in [-0.4, -0.2) is 11.7 Å². The Morgan fingerprint density at radius 1 is 1.50 bits per heavy atom. The lowest BCUT2D eigenvalue weighted by Crippen LogP contribution is -2.00. The molecule has 1 rings (SSSR count). The minimum Gasteiger partial charge on any atom is -0.294 e. The summed E-state index contributed by atoms with van der Waals surface area (Å²) in [5.41, 5.74) is 0.983. The van der Waals surface area contributed by atoms with E-state index in [9.17, 15) is 9.18 Å². The maximum Gasteiger partial charge on any atom is 0.163 e. The van der Waals surface area contributed by atoms with Gasteiger partial charge in [0.2, 0.25) is 0 Å². The minimum absolute atomic E-state index is 0.0513. The van der Waals surface area contributed by atoms with Crippen molar-refractivity contribution in [2.45, 2.75) is 19.8 Å². The normalized spacial score (nSPS) is 10.2. The van der Waals surface area contributed by atoms with Gasteiger partial charge in [-0.2, -0.15) is 0 Å². The zero-order valence-corrected chi connectivity index (χ0v) is 8.77. The van der Waals surface area contributed by atoms with Crippen molar-refractivity contribution in [3.05, 3.63) is 35.1 Å². The highest BCUT2D eigenvalue weighted by Crippen LogP contribution is 2.11. The molecule has 0 atom stereocenters. The first-order chi connectivity index (χ1) is 6.65. The van der Waals surface area contributed by atoms with Gasteiger partial charge in [-0.05, 0) is 25.0 Å². The van der Waals surface area contributed by atoms with Gasteiger partial charge in [-0.15, -0.1) is 11.6 Å². The van der Waals surface area contributed by atoms with E-state index >= 15 is 0 Å². The molecule has 0 bridgehead atoms. The number of hydrogen-bond acceptors (Lipinski definition) is 1. The van der Waals surface area contributed by atoms with Gasteiger partial charge in [0.15, 0.2) is 5.78 Å². The number of ketones is 1. The van der Waals surface area contributed by atoms with Gasteiger partial charge in [-0.3, -0.25) is 4.79 Å². The predicted molar refractivity (Wildman–Crippen MR) is 55.4 cm³/mol. The molecule has 76 valence electrons. The first-order valence-electron chi connectivity index (χ1n) is 4.50. The van der Waals surface area contributed by atoms with Crippen molar-refractivity contribution >= 4 is 17.4 Å². The number of carbonyl (C=O) groups excluding carboxylic acids is 1. The van der Waals surface area contributed by atoms with Gasteiger partial charge in [-0.1, -0.05) is 12.1 Å². The summed E-state index contributed by atoms with van der Waals surface area (Å²) in [4.78, 5) is 11.4. The number of halogens is 2. The molecular weight excluding hydrogens is 203 g/mol. The zero-order chi connectivity index (χ0) is 10.6. The Kier molecular flexibility index (Phi) is 4.08. The lowest BCUT2D eigenvalue weighted by molar-refractivity contribution is 0.0981. The third-order valence-corrected chi connectivity index (χ3v) is 2.30. The number of carbonyl (C=O) groups is 1. The average Bonchev–Trinajstić information content (AvgIpc) is 2.18. The minimum atomic E-state index is -0.332. The van der Waals surface area contributed by atoms with Crippen molar-refractivity contribution in [1.82, 2.24) is 0 Å². The van der Waals surface area contributed by atoms with Crippen molar-refractivity contribution in [2.24, 2.45) is 0 Å². The second kappa shape index (κ2) is 5.11. The van der Waals surface area contributed by atoms with E-state index in [1.807, 2.05) is 0 Å². The lowest BCUT2D eigenvalue weighted by atomic mass is 10.1. The summed E-state index contributed by atoms with van der Waals surface area (Å²) in [6.45, 7) is 1.67. The molecule has 1 nitrogen and oxygen atoms in total. The van der Waals surface area contributed by atoms with Crippen LogP contribution >= 0.6 is 11.6 Å². The second-order valence-corrected chi connectivity index (χ2v) is 3.56. The molecule has 0 spiro atoms. The van der Waals surface area contributed by atoms with Crippen LogP contribution in [0.4, 0.5) is 4.39 Å². The van der Waals surface area contributed by atoms with Gasteiger partial charge in [-0.25, -0.2) is 4.39 Å². The molecule has 0 heterocycles. The first kappa shape index (κ1) is 11.2. The van der Waals surface area contributed by atoms with Crippen molar-refractivity contribution in [1.29, 1.82) is 0 Å². The fourth-order valence-electron chi connectivity index (χ4n) is 1.14. The SMILES string of the molecule is Cc1ccc(C(=O)CCCCl)cc1F. The van der Waals surface area contributed by atoms with Crippen molar-refractivity contribution in [2.75, 3.05) is 5.88 Å². The van der Waals surface area contributed by atoms with Crippen molar-refractivity contribution in [3.63, 3.8) is 0 Å². The van der Waals surface area contributed by atoms with Gasteiger partial charge >= 0.3 is 0 Å². The molecule has 0 fully saturated rings. The second-order valence-electron chi connectivity index (χ2n) is 3.18. The smallest absolute Gasteiger partial charge is 0.163 e. The lowest BCUT2D eigenvalue weighted by Gasteiger charge is -2.01. The van der Waals surface area contributed by atoms with Gasteiger partial charge in [0.05, 0.1) is 0 Å². The Hall–Kier alpha value is -0.890. The van der Waals surface area contributed by atoms with E-state index in [1.54, 1.807) is 19.1 Å². The Labute approximate surface area is 87.9 Å². The molecule has 14 heavy (non-hydrogen) atoms. The third-order valence-electron chi connectivity index (χ3n) is 2.03. The van der Waals surface area contributed by atoms with Crippen LogP contribution in [-0.2, 0) is 0 Å². The molecule has 3 heteroatoms. The highest BCUT2D eigenvalue weighted by atomic mass is 35.5. The molecule has 0 amide bonds. The molecule has 0 saturated carbocycles. The maximum atomic E-state index is 13.1. The molecule has 0 N–H and O–H groups in total. The van der Waals surface area contributed by atoms with Crippen LogP contribution in [0.5, 0.6) is 0 Å². The highest BCUT2D eigenvalue weighted by Gasteiger charge is 2.07. The number of hydrogen-bond donors (Lipinski definition) is 0. The molecule has 0 saturated heterocycles. The topological polar surface area (TPSA) is 17.1 Å². The van der Waals surface area contributed by atoms with Crippen molar-refractivity contribution < 1.29 is 9.18 Å². The quantitative estimate of drug-likeness (QED) is 0.555. The number of Topliss-reactive ketones (excluding diaryl/α,β-unsaturated/α-hetero) is 1. The summed E-state index contributed by atoms with van der Waals surface area (Å²) in [6, 6.07) is 4.55. The predicted octanol–water partition coefficient (Wildman–Crippen LogP) is 3.34. The fourth-order valence-corrected chi connectivity index (χ4v) is 1.27. The van der Waals surface area contributed by atoms with Gasteiger partial charge in [0.1, 0.15) is 5.82 Å². The van der Waals surface area contributed by atoms with Crippen LogP contribution in [0, 0.1) is 12.7 Å². The molecule has 1 aromatic carbocycles. The summed E-state index contributed by atoms with van der Waals surface area (Å²) in [7, 11) is 0. The molecule has 0 aliphatic rings. The summed E-state index contributed by atoms with van der Waals surface area (Å²) in [5.74, 6) is 0.0753. The molecule has 0 aromatic heterocycles. The largest absolute Gasteiger partial charge is 0.294 e. The van der Waals surface area contributed by atoms with Crippen LogP contribution in [0.15, 0.2) is 18.2 Å². The molecule has 1 aromatic rings. The maximum absolute atomic E-state index is 13.1. The molecule has 0 unspecified atom stereocenters. The zero-order valence-electron chi connectivity index (χ0n) is 8.02. The van der Waals surface area contributed by atoms with Crippen LogP contribution < -0.4 is 0 Å². The standard InChI is InChI=1S/C11H12ClFO/c1-8-4-5-9(7-10(8)13)11(14)3-2-6-12/h4-5,7H,2-3,6H2,1H3. The summed E-state index contributed by atoms with van der Waals surface area (Å²) < 4.78 is 13.1. The van der Waals surface area contributed by atoms with Crippen LogP contribution in [0.1, 0.15) is 28.8 Å². The Balaban J connectivity index is 2.76. The molecule has 0 aliphatic heterocycles. The monoisotopic (exact) mass is 214 g/mol. The van der Waals surface area contributed by atoms with Crippen LogP contribution in [0.2, 0.25) is 0 Å². The number of rotatable bonds is 4. The summed E-state index contributed by atoms with van der Waals surface area (Å²) in [5, 5.41) is 0. The molecule has 0 radical (unpaired) electrons. The van der Waals surface area contributed by atoms with Gasteiger partial charge < -0.3 is 0 Å². The van der Waals surface area contributed by atoms with E-state index < -0.39 is 0 Å². The van der Waals surface area contributed by atoms with E-state index in [0.717, 1.165) is 0 Å². The van der Waals surface area contributed by atoms with E-state index in [-0.39, 0.29) is 11.6 Å². The fraction of sp³-hybridized carbons (Fsp3) is 0.364. The summed E-state index contributed by atoms with van der Waals surface area (Å²) in [6.07, 6.45) is 1.02. The van der Waals surface area contributed by atoms with E-state index in [1.165, 1.54) is 6.07 Å². The van der Waals surface area contributed by atoms with E-state index in [0.29, 0.717) is 29.8 Å². The van der Waals surface area contributed by atoms with Crippen molar-refractivity contribution in [3.8, 4) is 0 Å². The summed E-state index contributed by atoms with van der Waals surface area (Å²) >= 11 is 5.46. The third kappa shape index (κ3) is 2.81. The van der Waals surface area contributed by atoms with Gasteiger partial charge in [0, 0.05) is 17.9 Å².